The molecular weight excluding hydrogens is 301 g/mol. The number of halogens is 1. The van der Waals surface area contributed by atoms with Gasteiger partial charge in [-0.25, -0.2) is 9.18 Å². The Balaban J connectivity index is 1.76. The Bertz CT molecular complexity index is 686. The zero-order valence-corrected chi connectivity index (χ0v) is 12.4. The van der Waals surface area contributed by atoms with Gasteiger partial charge in [-0.3, -0.25) is 4.90 Å². The molecule has 0 spiro atoms. The van der Waals surface area contributed by atoms with E-state index in [1.54, 1.807) is 12.1 Å². The first-order chi connectivity index (χ1) is 11.2. The third-order valence-corrected chi connectivity index (χ3v) is 3.86. The fourth-order valence-corrected chi connectivity index (χ4v) is 2.74. The van der Waals surface area contributed by atoms with Gasteiger partial charge in [-0.2, -0.15) is 0 Å². The number of hydrogen-bond donors (Lipinski definition) is 0. The standard InChI is InChI=1S/C15H16FN5O2/c16-13-8-11(4-5-14(13)20-6-2-1-3-7-20)21-10-12(9-18-19-17)23-15(21)22/h1-2,4-5,8,12H,3,6-7,9-10H2/t12-/m0/s1. The predicted octanol–water partition coefficient (Wildman–Crippen LogP) is 3.23. The van der Waals surface area contributed by atoms with Crippen molar-refractivity contribution in [3.05, 3.63) is 46.6 Å². The van der Waals surface area contributed by atoms with E-state index in [0.29, 0.717) is 17.9 Å². The average Bonchev–Trinajstić information content (AvgIpc) is 2.94. The van der Waals surface area contributed by atoms with Crippen molar-refractivity contribution in [2.24, 2.45) is 5.11 Å². The summed E-state index contributed by atoms with van der Waals surface area (Å²) in [4.78, 5) is 17.8. The van der Waals surface area contributed by atoms with Crippen LogP contribution in [0.1, 0.15) is 6.42 Å². The summed E-state index contributed by atoms with van der Waals surface area (Å²) in [6.07, 6.45) is 3.91. The summed E-state index contributed by atoms with van der Waals surface area (Å²) >= 11 is 0. The number of benzene rings is 1. The average molecular weight is 317 g/mol. The Hall–Kier alpha value is -2.73. The first kappa shape index (κ1) is 15.2. The van der Waals surface area contributed by atoms with E-state index < -0.39 is 12.2 Å². The molecule has 1 amide bonds. The van der Waals surface area contributed by atoms with Crippen LogP contribution in [0.2, 0.25) is 0 Å². The van der Waals surface area contributed by atoms with Gasteiger partial charge in [-0.1, -0.05) is 17.3 Å². The van der Waals surface area contributed by atoms with Crippen molar-refractivity contribution in [2.75, 3.05) is 36.0 Å². The van der Waals surface area contributed by atoms with Gasteiger partial charge in [-0.15, -0.1) is 0 Å². The molecule has 2 aliphatic heterocycles. The second-order valence-corrected chi connectivity index (χ2v) is 5.37. The lowest BCUT2D eigenvalue weighted by Crippen LogP contribution is -2.28. The molecule has 1 atom stereocenters. The number of amides is 1. The van der Waals surface area contributed by atoms with Gasteiger partial charge in [0, 0.05) is 18.0 Å². The second-order valence-electron chi connectivity index (χ2n) is 5.37. The molecule has 1 aromatic carbocycles. The van der Waals surface area contributed by atoms with Gasteiger partial charge in [0.05, 0.1) is 24.5 Å². The summed E-state index contributed by atoms with van der Waals surface area (Å²) in [5.74, 6) is -0.371. The SMILES string of the molecule is [N-]=[N+]=NC[C@H]1CN(c2ccc(N3CC=CCC3)c(F)c2)C(=O)O1. The van der Waals surface area contributed by atoms with Gasteiger partial charge in [0.25, 0.3) is 0 Å². The smallest absolute Gasteiger partial charge is 0.414 e. The summed E-state index contributed by atoms with van der Waals surface area (Å²) in [7, 11) is 0. The van der Waals surface area contributed by atoms with Crippen molar-refractivity contribution in [2.45, 2.75) is 12.5 Å². The van der Waals surface area contributed by atoms with Crippen molar-refractivity contribution < 1.29 is 13.9 Å². The van der Waals surface area contributed by atoms with Gasteiger partial charge >= 0.3 is 6.09 Å². The van der Waals surface area contributed by atoms with E-state index in [9.17, 15) is 9.18 Å². The topological polar surface area (TPSA) is 81.5 Å². The molecule has 0 N–H and O–H groups in total. The molecule has 23 heavy (non-hydrogen) atoms. The number of azide groups is 1. The molecule has 0 radical (unpaired) electrons. The summed E-state index contributed by atoms with van der Waals surface area (Å²) < 4.78 is 19.5. The molecule has 0 unspecified atom stereocenters. The summed E-state index contributed by atoms with van der Waals surface area (Å²) in [5.41, 5.74) is 9.27. The van der Waals surface area contributed by atoms with Crippen LogP contribution in [0.3, 0.4) is 0 Å². The van der Waals surface area contributed by atoms with Crippen LogP contribution >= 0.6 is 0 Å². The van der Waals surface area contributed by atoms with Crippen LogP contribution in [-0.4, -0.2) is 38.4 Å². The van der Waals surface area contributed by atoms with E-state index in [-0.39, 0.29) is 18.9 Å². The normalized spacial score (nSPS) is 20.4. The minimum Gasteiger partial charge on any atom is -0.444 e. The summed E-state index contributed by atoms with van der Waals surface area (Å²) in [6.45, 7) is 1.76. The quantitative estimate of drug-likeness (QED) is 0.370. The molecule has 0 aliphatic carbocycles. The van der Waals surface area contributed by atoms with Crippen molar-refractivity contribution in [3.8, 4) is 0 Å². The van der Waals surface area contributed by atoms with Crippen LogP contribution in [0.15, 0.2) is 35.5 Å². The number of hydrogen-bond acceptors (Lipinski definition) is 4. The maximum Gasteiger partial charge on any atom is 0.414 e. The van der Waals surface area contributed by atoms with Crippen molar-refractivity contribution in [3.63, 3.8) is 0 Å². The van der Waals surface area contributed by atoms with Gasteiger partial charge in [0.1, 0.15) is 11.9 Å². The van der Waals surface area contributed by atoms with Gasteiger partial charge in [0.15, 0.2) is 0 Å². The number of rotatable bonds is 4. The number of nitrogens with zero attached hydrogens (tertiary/aromatic N) is 5. The number of cyclic esters (lactones) is 1. The highest BCUT2D eigenvalue weighted by molar-refractivity contribution is 5.90. The highest BCUT2D eigenvalue weighted by Crippen LogP contribution is 2.28. The van der Waals surface area contributed by atoms with Crippen LogP contribution < -0.4 is 9.80 Å². The van der Waals surface area contributed by atoms with Gasteiger partial charge in [-0.05, 0) is 30.2 Å². The van der Waals surface area contributed by atoms with Crippen molar-refractivity contribution in [1.82, 2.24) is 0 Å². The lowest BCUT2D eigenvalue weighted by atomic mass is 10.2. The summed E-state index contributed by atoms with van der Waals surface area (Å²) in [5, 5.41) is 3.40. The lowest BCUT2D eigenvalue weighted by molar-refractivity contribution is 0.145. The van der Waals surface area contributed by atoms with Crippen LogP contribution in [-0.2, 0) is 4.74 Å². The number of carbonyl (C=O) groups excluding carboxylic acids is 1. The van der Waals surface area contributed by atoms with E-state index in [1.165, 1.54) is 11.0 Å². The monoisotopic (exact) mass is 317 g/mol. The molecule has 2 heterocycles. The number of anilines is 2. The molecular formula is C15H16FN5O2. The molecule has 120 valence electrons. The van der Waals surface area contributed by atoms with Crippen LogP contribution in [0.5, 0.6) is 0 Å². The fraction of sp³-hybridized carbons (Fsp3) is 0.400. The number of ether oxygens (including phenoxy) is 1. The molecule has 8 heteroatoms. The minimum atomic E-state index is -0.559. The number of carbonyl (C=O) groups is 1. The first-order valence-corrected chi connectivity index (χ1v) is 7.37. The van der Waals surface area contributed by atoms with Crippen LogP contribution in [0.25, 0.3) is 10.4 Å². The Morgan fingerprint density at radius 3 is 3.00 bits per heavy atom. The molecule has 3 rings (SSSR count). The van der Waals surface area contributed by atoms with Crippen LogP contribution in [0, 0.1) is 5.82 Å². The molecule has 2 aliphatic rings. The van der Waals surface area contributed by atoms with E-state index in [0.717, 1.165) is 13.0 Å². The fourth-order valence-electron chi connectivity index (χ4n) is 2.74. The molecule has 0 aromatic heterocycles. The Morgan fingerprint density at radius 2 is 2.30 bits per heavy atom. The molecule has 1 saturated heterocycles. The molecule has 7 nitrogen and oxygen atoms in total. The zero-order valence-electron chi connectivity index (χ0n) is 12.4. The second kappa shape index (κ2) is 6.58. The Labute approximate surface area is 132 Å². The maximum atomic E-state index is 14.4. The van der Waals surface area contributed by atoms with Crippen molar-refractivity contribution >= 4 is 17.5 Å². The highest BCUT2D eigenvalue weighted by atomic mass is 19.1. The van der Waals surface area contributed by atoms with E-state index in [4.69, 9.17) is 10.3 Å². The first-order valence-electron chi connectivity index (χ1n) is 7.37. The molecule has 0 bridgehead atoms. The Morgan fingerprint density at radius 1 is 1.43 bits per heavy atom. The Kier molecular flexibility index (Phi) is 4.34. The van der Waals surface area contributed by atoms with Crippen molar-refractivity contribution in [1.29, 1.82) is 0 Å². The summed E-state index contributed by atoms with van der Waals surface area (Å²) in [6, 6.07) is 4.72. The van der Waals surface area contributed by atoms with E-state index in [1.807, 2.05) is 11.0 Å². The molecule has 1 fully saturated rings. The maximum absolute atomic E-state index is 14.4. The molecule has 0 saturated carbocycles. The predicted molar refractivity (Wildman–Crippen MR) is 84.0 cm³/mol. The van der Waals surface area contributed by atoms with E-state index >= 15 is 0 Å². The largest absolute Gasteiger partial charge is 0.444 e. The third kappa shape index (κ3) is 3.22. The van der Waals surface area contributed by atoms with Gasteiger partial charge < -0.3 is 9.64 Å². The lowest BCUT2D eigenvalue weighted by Gasteiger charge is -2.26. The van der Waals surface area contributed by atoms with E-state index in [2.05, 4.69) is 16.1 Å². The zero-order chi connectivity index (χ0) is 16.2. The van der Waals surface area contributed by atoms with Gasteiger partial charge in [0.2, 0.25) is 0 Å². The third-order valence-electron chi connectivity index (χ3n) is 3.86. The minimum absolute atomic E-state index is 0.0689. The molecule has 1 aromatic rings. The highest BCUT2D eigenvalue weighted by Gasteiger charge is 2.32. The van der Waals surface area contributed by atoms with Crippen LogP contribution in [0.4, 0.5) is 20.6 Å².